The molecule has 2 aromatic carbocycles. The summed E-state index contributed by atoms with van der Waals surface area (Å²) >= 11 is 3.31. The average Bonchev–Trinajstić information content (AvgIpc) is 2.60. The van der Waals surface area contributed by atoms with Crippen molar-refractivity contribution in [3.63, 3.8) is 0 Å². The number of ether oxygens (including phenoxy) is 2. The number of nitrogens with one attached hydrogen (secondary N) is 2. The Balaban J connectivity index is 1.59. The maximum absolute atomic E-state index is 11.6. The zero-order valence-corrected chi connectivity index (χ0v) is 14.4. The molecule has 0 unspecified atom stereocenters. The second kappa shape index (κ2) is 9.57. The Labute approximate surface area is 148 Å². The van der Waals surface area contributed by atoms with Crippen LogP contribution >= 0.6 is 15.9 Å². The number of amides is 2. The third-order valence-electron chi connectivity index (χ3n) is 2.87. The van der Waals surface area contributed by atoms with Crippen molar-refractivity contribution in [1.82, 2.24) is 10.9 Å². The molecule has 0 heterocycles. The van der Waals surface area contributed by atoms with Crippen LogP contribution < -0.4 is 20.3 Å². The lowest BCUT2D eigenvalue weighted by molar-refractivity contribution is -0.130. The standard InChI is InChI=1S/C17H17BrN2O4/c18-13-6-8-15(9-7-13)24-12-17(22)20-19-16(21)10-11-23-14-4-2-1-3-5-14/h1-9H,10-12H2,(H,19,21)(H,20,22). The molecule has 0 aliphatic rings. The highest BCUT2D eigenvalue weighted by atomic mass is 79.9. The number of halogens is 1. The van der Waals surface area contributed by atoms with Crippen LogP contribution in [-0.2, 0) is 9.59 Å². The Morgan fingerprint density at radius 1 is 0.833 bits per heavy atom. The summed E-state index contributed by atoms with van der Waals surface area (Å²) in [7, 11) is 0. The normalized spacial score (nSPS) is 9.88. The average molecular weight is 393 g/mol. The number of rotatable bonds is 7. The van der Waals surface area contributed by atoms with E-state index in [1.54, 1.807) is 24.3 Å². The van der Waals surface area contributed by atoms with Gasteiger partial charge in [-0.3, -0.25) is 20.4 Å². The van der Waals surface area contributed by atoms with Gasteiger partial charge >= 0.3 is 0 Å². The van der Waals surface area contributed by atoms with Crippen LogP contribution in [0.2, 0.25) is 0 Å². The van der Waals surface area contributed by atoms with Crippen LogP contribution in [0.25, 0.3) is 0 Å². The number of benzene rings is 2. The molecule has 0 atom stereocenters. The molecule has 2 rings (SSSR count). The van der Waals surface area contributed by atoms with Gasteiger partial charge in [-0.2, -0.15) is 0 Å². The van der Waals surface area contributed by atoms with E-state index in [-0.39, 0.29) is 25.5 Å². The highest BCUT2D eigenvalue weighted by Gasteiger charge is 2.06. The monoisotopic (exact) mass is 392 g/mol. The lowest BCUT2D eigenvalue weighted by Gasteiger charge is -2.09. The van der Waals surface area contributed by atoms with E-state index in [9.17, 15) is 9.59 Å². The third-order valence-corrected chi connectivity index (χ3v) is 3.39. The van der Waals surface area contributed by atoms with Gasteiger partial charge in [0.1, 0.15) is 11.5 Å². The molecule has 2 aromatic rings. The Hall–Kier alpha value is -2.54. The van der Waals surface area contributed by atoms with Gasteiger partial charge in [-0.25, -0.2) is 0 Å². The predicted molar refractivity (Wildman–Crippen MR) is 92.5 cm³/mol. The number of para-hydroxylation sites is 1. The minimum Gasteiger partial charge on any atom is -0.493 e. The van der Waals surface area contributed by atoms with Crippen LogP contribution in [0.15, 0.2) is 59.1 Å². The molecular weight excluding hydrogens is 376 g/mol. The van der Waals surface area contributed by atoms with E-state index in [0.717, 1.165) is 4.47 Å². The molecule has 0 radical (unpaired) electrons. The van der Waals surface area contributed by atoms with Gasteiger partial charge < -0.3 is 9.47 Å². The Kier molecular flexibility index (Phi) is 7.10. The van der Waals surface area contributed by atoms with E-state index < -0.39 is 5.91 Å². The fraction of sp³-hybridized carbons (Fsp3) is 0.176. The summed E-state index contributed by atoms with van der Waals surface area (Å²) in [6.07, 6.45) is 0.128. The summed E-state index contributed by atoms with van der Waals surface area (Å²) in [6.45, 7) is 0.0313. The molecule has 0 fully saturated rings. The van der Waals surface area contributed by atoms with Gasteiger partial charge in [0.15, 0.2) is 6.61 Å². The minimum absolute atomic E-state index is 0.128. The van der Waals surface area contributed by atoms with Crippen molar-refractivity contribution in [2.24, 2.45) is 0 Å². The van der Waals surface area contributed by atoms with Gasteiger partial charge in [0, 0.05) is 4.47 Å². The Morgan fingerprint density at radius 3 is 2.17 bits per heavy atom. The molecule has 24 heavy (non-hydrogen) atoms. The molecule has 6 nitrogen and oxygen atoms in total. The first kappa shape index (κ1) is 17.8. The van der Waals surface area contributed by atoms with Gasteiger partial charge in [0.05, 0.1) is 13.0 Å². The van der Waals surface area contributed by atoms with Gasteiger partial charge in [0.2, 0.25) is 5.91 Å². The molecule has 2 amide bonds. The molecule has 0 aliphatic carbocycles. The number of hydrogen-bond acceptors (Lipinski definition) is 4. The summed E-state index contributed by atoms with van der Waals surface area (Å²) in [5, 5.41) is 0. The highest BCUT2D eigenvalue weighted by Crippen LogP contribution is 2.15. The van der Waals surface area contributed by atoms with Gasteiger partial charge in [-0.15, -0.1) is 0 Å². The van der Waals surface area contributed by atoms with E-state index in [2.05, 4.69) is 26.8 Å². The Bertz CT molecular complexity index is 662. The summed E-state index contributed by atoms with van der Waals surface area (Å²) in [4.78, 5) is 23.2. The first-order valence-electron chi connectivity index (χ1n) is 7.27. The van der Waals surface area contributed by atoms with E-state index in [1.165, 1.54) is 0 Å². The predicted octanol–water partition coefficient (Wildman–Crippen LogP) is 2.44. The zero-order chi connectivity index (χ0) is 17.2. The fourth-order valence-corrected chi connectivity index (χ4v) is 1.96. The number of carbonyl (C=O) groups is 2. The molecule has 0 aliphatic heterocycles. The number of hydrazine groups is 1. The molecule has 0 spiro atoms. The third kappa shape index (κ3) is 6.70. The molecule has 0 saturated heterocycles. The fourth-order valence-electron chi connectivity index (χ4n) is 1.70. The van der Waals surface area contributed by atoms with E-state index in [0.29, 0.717) is 11.5 Å². The van der Waals surface area contributed by atoms with Crippen molar-refractivity contribution in [2.45, 2.75) is 6.42 Å². The van der Waals surface area contributed by atoms with Gasteiger partial charge in [-0.05, 0) is 36.4 Å². The van der Waals surface area contributed by atoms with Crippen LogP contribution in [0.1, 0.15) is 6.42 Å². The second-order valence-corrected chi connectivity index (χ2v) is 5.67. The molecule has 0 bridgehead atoms. The first-order valence-corrected chi connectivity index (χ1v) is 8.06. The summed E-state index contributed by atoms with van der Waals surface area (Å²) in [5.41, 5.74) is 4.59. The SMILES string of the molecule is O=C(CCOc1ccccc1)NNC(=O)COc1ccc(Br)cc1. The van der Waals surface area contributed by atoms with E-state index in [4.69, 9.17) is 9.47 Å². The molecule has 0 saturated carbocycles. The van der Waals surface area contributed by atoms with Crippen molar-refractivity contribution in [2.75, 3.05) is 13.2 Å². The van der Waals surface area contributed by atoms with Crippen molar-refractivity contribution in [1.29, 1.82) is 0 Å². The highest BCUT2D eigenvalue weighted by molar-refractivity contribution is 9.10. The summed E-state index contributed by atoms with van der Waals surface area (Å²) in [5.74, 6) is 0.464. The van der Waals surface area contributed by atoms with Crippen molar-refractivity contribution in [3.8, 4) is 11.5 Å². The van der Waals surface area contributed by atoms with Crippen molar-refractivity contribution < 1.29 is 19.1 Å². The maximum Gasteiger partial charge on any atom is 0.276 e. The van der Waals surface area contributed by atoms with Gasteiger partial charge in [-0.1, -0.05) is 34.1 Å². The first-order chi connectivity index (χ1) is 11.6. The van der Waals surface area contributed by atoms with Crippen LogP contribution in [0.4, 0.5) is 0 Å². The van der Waals surface area contributed by atoms with Crippen molar-refractivity contribution >= 4 is 27.7 Å². The van der Waals surface area contributed by atoms with Crippen molar-refractivity contribution in [3.05, 3.63) is 59.1 Å². The Morgan fingerprint density at radius 2 is 1.46 bits per heavy atom. The lowest BCUT2D eigenvalue weighted by Crippen LogP contribution is -2.44. The summed E-state index contributed by atoms with van der Waals surface area (Å²) in [6, 6.07) is 16.3. The maximum atomic E-state index is 11.6. The smallest absolute Gasteiger partial charge is 0.276 e. The summed E-state index contributed by atoms with van der Waals surface area (Å²) < 4.78 is 11.6. The quantitative estimate of drug-likeness (QED) is 0.709. The zero-order valence-electron chi connectivity index (χ0n) is 12.8. The van der Waals surface area contributed by atoms with E-state index >= 15 is 0 Å². The topological polar surface area (TPSA) is 76.7 Å². The van der Waals surface area contributed by atoms with Crippen LogP contribution in [-0.4, -0.2) is 25.0 Å². The second-order valence-electron chi connectivity index (χ2n) is 4.75. The minimum atomic E-state index is -0.449. The molecule has 2 N–H and O–H groups in total. The number of carbonyl (C=O) groups excluding carboxylic acids is 2. The van der Waals surface area contributed by atoms with Crippen LogP contribution in [0.3, 0.4) is 0 Å². The van der Waals surface area contributed by atoms with E-state index in [1.807, 2.05) is 30.3 Å². The molecule has 126 valence electrons. The van der Waals surface area contributed by atoms with Gasteiger partial charge in [0.25, 0.3) is 5.91 Å². The molecule has 7 heteroatoms. The van der Waals surface area contributed by atoms with Crippen LogP contribution in [0.5, 0.6) is 11.5 Å². The number of hydrogen-bond donors (Lipinski definition) is 2. The largest absolute Gasteiger partial charge is 0.493 e. The molecular formula is C17H17BrN2O4. The lowest BCUT2D eigenvalue weighted by atomic mass is 10.3. The van der Waals surface area contributed by atoms with Crippen LogP contribution in [0, 0.1) is 0 Å². The molecule has 0 aromatic heterocycles.